The van der Waals surface area contributed by atoms with Crippen LogP contribution in [0.2, 0.25) is 0 Å². The third-order valence-corrected chi connectivity index (χ3v) is 3.96. The van der Waals surface area contributed by atoms with E-state index in [2.05, 4.69) is 16.9 Å². The van der Waals surface area contributed by atoms with Crippen molar-refractivity contribution in [3.63, 3.8) is 0 Å². The molecule has 0 spiro atoms. The van der Waals surface area contributed by atoms with Gasteiger partial charge in [0.25, 0.3) is 0 Å². The molecule has 0 aromatic rings. The van der Waals surface area contributed by atoms with Crippen molar-refractivity contribution in [2.45, 2.75) is 64.3 Å². The third-order valence-electron chi connectivity index (χ3n) is 3.96. The lowest BCUT2D eigenvalue weighted by Gasteiger charge is -2.42. The molecule has 2 rings (SSSR count). The van der Waals surface area contributed by atoms with Crippen LogP contribution in [0.5, 0.6) is 0 Å². The average molecular weight is 210 g/mol. The molecule has 0 saturated carbocycles. The number of hydrogen-bond acceptors (Lipinski definition) is 2. The largest absolute Gasteiger partial charge is 0.242 e. The summed E-state index contributed by atoms with van der Waals surface area (Å²) in [6.07, 6.45) is 11.4. The second kappa shape index (κ2) is 5.86. The molecule has 0 N–H and O–H groups in total. The second-order valence-electron chi connectivity index (χ2n) is 5.23. The summed E-state index contributed by atoms with van der Waals surface area (Å²) in [6, 6.07) is 0.790. The van der Waals surface area contributed by atoms with Crippen LogP contribution in [0, 0.1) is 0 Å². The lowest BCUT2D eigenvalue weighted by molar-refractivity contribution is -0.0764. The summed E-state index contributed by atoms with van der Waals surface area (Å²) < 4.78 is 0. The van der Waals surface area contributed by atoms with Crippen LogP contribution in [0.25, 0.3) is 0 Å². The lowest BCUT2D eigenvalue weighted by Crippen LogP contribution is -2.51. The summed E-state index contributed by atoms with van der Waals surface area (Å²) in [5.41, 5.74) is 0. The van der Waals surface area contributed by atoms with E-state index < -0.39 is 0 Å². The van der Waals surface area contributed by atoms with Crippen LogP contribution in [0.4, 0.5) is 0 Å². The zero-order chi connectivity index (χ0) is 10.5. The highest BCUT2D eigenvalue weighted by molar-refractivity contribution is 4.73. The van der Waals surface area contributed by atoms with E-state index in [9.17, 15) is 0 Å². The Kier molecular flexibility index (Phi) is 4.45. The Bertz CT molecular complexity index is 173. The molecular weight excluding hydrogens is 184 g/mol. The number of nitrogens with zero attached hydrogens (tertiary/aromatic N) is 2. The first-order chi connectivity index (χ1) is 7.38. The van der Waals surface area contributed by atoms with Crippen molar-refractivity contribution in [2.24, 2.45) is 0 Å². The van der Waals surface area contributed by atoms with Gasteiger partial charge in [-0.2, -0.15) is 0 Å². The number of hydrazine groups is 1. The van der Waals surface area contributed by atoms with Crippen molar-refractivity contribution >= 4 is 0 Å². The Balaban J connectivity index is 1.87. The number of piperidine rings is 1. The highest BCUT2D eigenvalue weighted by Crippen LogP contribution is 2.21. The van der Waals surface area contributed by atoms with E-state index in [-0.39, 0.29) is 0 Å². The van der Waals surface area contributed by atoms with E-state index in [1.165, 1.54) is 71.0 Å². The van der Waals surface area contributed by atoms with Gasteiger partial charge in [-0.25, -0.2) is 10.0 Å². The molecule has 2 fully saturated rings. The van der Waals surface area contributed by atoms with Gasteiger partial charge in [-0.15, -0.1) is 0 Å². The summed E-state index contributed by atoms with van der Waals surface area (Å²) in [5.74, 6) is 0. The molecule has 2 nitrogen and oxygen atoms in total. The molecule has 0 aliphatic carbocycles. The Morgan fingerprint density at radius 1 is 0.733 bits per heavy atom. The molecule has 2 aliphatic heterocycles. The van der Waals surface area contributed by atoms with E-state index in [4.69, 9.17) is 0 Å². The number of hydrogen-bond donors (Lipinski definition) is 0. The van der Waals surface area contributed by atoms with Crippen LogP contribution >= 0.6 is 0 Å². The van der Waals surface area contributed by atoms with Crippen molar-refractivity contribution in [3.05, 3.63) is 0 Å². The molecule has 0 aromatic heterocycles. The fourth-order valence-corrected chi connectivity index (χ4v) is 2.99. The normalized spacial score (nSPS) is 32.2. The molecule has 2 aliphatic rings. The van der Waals surface area contributed by atoms with Gasteiger partial charge >= 0.3 is 0 Å². The quantitative estimate of drug-likeness (QED) is 0.656. The minimum Gasteiger partial charge on any atom is -0.242 e. The van der Waals surface area contributed by atoms with Gasteiger partial charge in [-0.05, 0) is 32.6 Å². The molecule has 0 aromatic carbocycles. The zero-order valence-electron chi connectivity index (χ0n) is 10.2. The Morgan fingerprint density at radius 3 is 2.00 bits per heavy atom. The van der Waals surface area contributed by atoms with Crippen LogP contribution in [-0.2, 0) is 0 Å². The van der Waals surface area contributed by atoms with Gasteiger partial charge in [0.05, 0.1) is 0 Å². The number of rotatable bonds is 1. The molecule has 15 heavy (non-hydrogen) atoms. The van der Waals surface area contributed by atoms with Gasteiger partial charge in [0.1, 0.15) is 0 Å². The van der Waals surface area contributed by atoms with Gasteiger partial charge in [-0.3, -0.25) is 0 Å². The summed E-state index contributed by atoms with van der Waals surface area (Å²) in [5, 5.41) is 5.32. The molecule has 0 amide bonds. The molecule has 2 heteroatoms. The second-order valence-corrected chi connectivity index (χ2v) is 5.23. The van der Waals surface area contributed by atoms with Gasteiger partial charge < -0.3 is 0 Å². The highest BCUT2D eigenvalue weighted by Gasteiger charge is 2.23. The maximum Gasteiger partial charge on any atom is 0.0217 e. The van der Waals surface area contributed by atoms with E-state index >= 15 is 0 Å². The Labute approximate surface area is 94.6 Å². The van der Waals surface area contributed by atoms with E-state index in [0.29, 0.717) is 0 Å². The summed E-state index contributed by atoms with van der Waals surface area (Å²) in [4.78, 5) is 0. The van der Waals surface area contributed by atoms with Crippen LogP contribution in [0.1, 0.15) is 58.3 Å². The summed E-state index contributed by atoms with van der Waals surface area (Å²) in [6.45, 7) is 6.33. The van der Waals surface area contributed by atoms with Gasteiger partial charge in [0.2, 0.25) is 0 Å². The molecule has 1 atom stereocenters. The highest BCUT2D eigenvalue weighted by atomic mass is 15.6. The average Bonchev–Trinajstić information content (AvgIpc) is 2.19. The van der Waals surface area contributed by atoms with Crippen LogP contribution in [0.3, 0.4) is 0 Å². The maximum atomic E-state index is 2.66. The summed E-state index contributed by atoms with van der Waals surface area (Å²) in [7, 11) is 0. The first-order valence-electron chi connectivity index (χ1n) is 6.89. The Hall–Kier alpha value is -0.0800. The monoisotopic (exact) mass is 210 g/mol. The molecule has 0 radical (unpaired) electrons. The van der Waals surface area contributed by atoms with Crippen molar-refractivity contribution in [2.75, 3.05) is 19.6 Å². The first-order valence-corrected chi connectivity index (χ1v) is 6.89. The van der Waals surface area contributed by atoms with Crippen LogP contribution in [0.15, 0.2) is 0 Å². The van der Waals surface area contributed by atoms with E-state index in [1.54, 1.807) is 0 Å². The zero-order valence-corrected chi connectivity index (χ0v) is 10.2. The fraction of sp³-hybridized carbons (Fsp3) is 1.00. The third kappa shape index (κ3) is 3.18. The van der Waals surface area contributed by atoms with E-state index in [1.807, 2.05) is 0 Å². The first kappa shape index (κ1) is 11.4. The smallest absolute Gasteiger partial charge is 0.0217 e. The fourth-order valence-electron chi connectivity index (χ4n) is 2.99. The van der Waals surface area contributed by atoms with Crippen LogP contribution < -0.4 is 0 Å². The SMILES string of the molecule is CC1CCCCN1N1CCCCCCC1. The maximum absolute atomic E-state index is 2.66. The van der Waals surface area contributed by atoms with Gasteiger partial charge in [-0.1, -0.05) is 25.7 Å². The molecule has 88 valence electrons. The molecular formula is C13H26N2. The standard InChI is InChI=1S/C13H26N2/c1-13-9-5-8-12-15(13)14-10-6-3-2-4-7-11-14/h13H,2-12H2,1H3. The predicted octanol–water partition coefficient (Wildman–Crippen LogP) is 3.04. The molecule has 1 unspecified atom stereocenters. The molecule has 2 heterocycles. The van der Waals surface area contributed by atoms with Crippen molar-refractivity contribution in [3.8, 4) is 0 Å². The van der Waals surface area contributed by atoms with Crippen molar-refractivity contribution in [1.29, 1.82) is 0 Å². The van der Waals surface area contributed by atoms with Crippen LogP contribution in [-0.4, -0.2) is 35.7 Å². The minimum atomic E-state index is 0.790. The topological polar surface area (TPSA) is 6.48 Å². The minimum absolute atomic E-state index is 0.790. The molecule has 0 bridgehead atoms. The van der Waals surface area contributed by atoms with Gasteiger partial charge in [0, 0.05) is 25.7 Å². The van der Waals surface area contributed by atoms with Crippen molar-refractivity contribution in [1.82, 2.24) is 10.0 Å². The predicted molar refractivity (Wildman–Crippen MR) is 64.7 cm³/mol. The van der Waals surface area contributed by atoms with Crippen molar-refractivity contribution < 1.29 is 0 Å². The summed E-state index contributed by atoms with van der Waals surface area (Å²) >= 11 is 0. The van der Waals surface area contributed by atoms with Gasteiger partial charge in [0.15, 0.2) is 0 Å². The molecule has 2 saturated heterocycles. The Morgan fingerprint density at radius 2 is 1.33 bits per heavy atom. The lowest BCUT2D eigenvalue weighted by atomic mass is 10.0. The van der Waals surface area contributed by atoms with E-state index in [0.717, 1.165) is 6.04 Å².